The normalized spacial score (nSPS) is 23.6. The smallest absolute Gasteiger partial charge is 0.0674 e. The van der Waals surface area contributed by atoms with Crippen LogP contribution >= 0.6 is 0 Å². The molecule has 84 valence electrons. The monoisotopic (exact) mass is 200 g/mol. The molecule has 0 saturated heterocycles. The zero-order chi connectivity index (χ0) is 11.0. The van der Waals surface area contributed by atoms with E-state index in [1.54, 1.807) is 0 Å². The summed E-state index contributed by atoms with van der Waals surface area (Å²) in [6.07, 6.45) is 5.33. The summed E-state index contributed by atoms with van der Waals surface area (Å²) < 4.78 is 0. The average molecular weight is 200 g/mol. The largest absolute Gasteiger partial charge is 0.390 e. The molecular formula is C12H24O2. The van der Waals surface area contributed by atoms with Crippen molar-refractivity contribution in [2.24, 2.45) is 5.41 Å². The lowest BCUT2D eigenvalue weighted by Gasteiger charge is -2.53. The number of aliphatic hydroxyl groups is 2. The third kappa shape index (κ3) is 1.82. The van der Waals surface area contributed by atoms with Crippen molar-refractivity contribution in [1.82, 2.24) is 0 Å². The molecule has 2 nitrogen and oxygen atoms in total. The summed E-state index contributed by atoms with van der Waals surface area (Å²) in [4.78, 5) is 0. The first-order valence-electron chi connectivity index (χ1n) is 5.65. The quantitative estimate of drug-likeness (QED) is 0.719. The predicted octanol–water partition coefficient (Wildman–Crippen LogP) is 2.48. The summed E-state index contributed by atoms with van der Waals surface area (Å²) in [6, 6.07) is 0. The van der Waals surface area contributed by atoms with Gasteiger partial charge in [0.05, 0.1) is 11.2 Å². The minimum atomic E-state index is -0.800. The summed E-state index contributed by atoms with van der Waals surface area (Å²) >= 11 is 0. The third-order valence-electron chi connectivity index (χ3n) is 4.05. The first-order valence-corrected chi connectivity index (χ1v) is 5.65. The van der Waals surface area contributed by atoms with Gasteiger partial charge in [-0.2, -0.15) is 0 Å². The SMILES string of the molecule is CC(C)(O)C1(C(C)(C)O)CCCCC1. The molecule has 0 aromatic heterocycles. The predicted molar refractivity (Wildman–Crippen MR) is 58.1 cm³/mol. The standard InChI is InChI=1S/C12H24O2/c1-10(2,13)12(11(3,4)14)8-6-5-7-9-12/h13-14H,5-9H2,1-4H3. The van der Waals surface area contributed by atoms with Gasteiger partial charge in [-0.15, -0.1) is 0 Å². The van der Waals surface area contributed by atoms with E-state index in [0.29, 0.717) is 0 Å². The van der Waals surface area contributed by atoms with Crippen LogP contribution in [0.4, 0.5) is 0 Å². The van der Waals surface area contributed by atoms with E-state index < -0.39 is 11.2 Å². The second-order valence-corrected chi connectivity index (χ2v) is 5.76. The highest BCUT2D eigenvalue weighted by atomic mass is 16.3. The minimum Gasteiger partial charge on any atom is -0.390 e. The van der Waals surface area contributed by atoms with Gasteiger partial charge in [0.25, 0.3) is 0 Å². The van der Waals surface area contributed by atoms with E-state index in [1.807, 2.05) is 27.7 Å². The van der Waals surface area contributed by atoms with Crippen molar-refractivity contribution in [2.45, 2.75) is 71.0 Å². The van der Waals surface area contributed by atoms with Crippen LogP contribution in [0.3, 0.4) is 0 Å². The van der Waals surface area contributed by atoms with Crippen LogP contribution < -0.4 is 0 Å². The van der Waals surface area contributed by atoms with Crippen LogP contribution in [-0.4, -0.2) is 21.4 Å². The Morgan fingerprint density at radius 2 is 1.14 bits per heavy atom. The highest BCUT2D eigenvalue weighted by Crippen LogP contribution is 2.51. The van der Waals surface area contributed by atoms with Gasteiger partial charge in [-0.25, -0.2) is 0 Å². The molecule has 14 heavy (non-hydrogen) atoms. The van der Waals surface area contributed by atoms with Crippen molar-refractivity contribution < 1.29 is 10.2 Å². The fourth-order valence-corrected chi connectivity index (χ4v) is 3.13. The molecule has 1 aliphatic carbocycles. The van der Waals surface area contributed by atoms with Gasteiger partial charge in [-0.05, 0) is 40.5 Å². The average Bonchev–Trinajstić information content (AvgIpc) is 2.02. The van der Waals surface area contributed by atoms with Crippen LogP contribution in [0, 0.1) is 5.41 Å². The fourth-order valence-electron chi connectivity index (χ4n) is 3.13. The Kier molecular flexibility index (Phi) is 2.99. The van der Waals surface area contributed by atoms with Crippen molar-refractivity contribution in [3.05, 3.63) is 0 Å². The molecule has 1 aliphatic rings. The summed E-state index contributed by atoms with van der Waals surface area (Å²) in [7, 11) is 0. The first kappa shape index (κ1) is 12.0. The molecular weight excluding hydrogens is 176 g/mol. The molecule has 0 radical (unpaired) electrons. The van der Waals surface area contributed by atoms with Crippen LogP contribution in [0.2, 0.25) is 0 Å². The fraction of sp³-hybridized carbons (Fsp3) is 1.00. The molecule has 1 saturated carbocycles. The van der Waals surface area contributed by atoms with E-state index in [1.165, 1.54) is 6.42 Å². The second kappa shape index (κ2) is 3.49. The van der Waals surface area contributed by atoms with Gasteiger partial charge in [-0.1, -0.05) is 19.3 Å². The highest BCUT2D eigenvalue weighted by molar-refractivity contribution is 5.04. The van der Waals surface area contributed by atoms with Crippen LogP contribution in [-0.2, 0) is 0 Å². The summed E-state index contributed by atoms with van der Waals surface area (Å²) in [6.45, 7) is 7.32. The molecule has 0 spiro atoms. The number of hydrogen-bond donors (Lipinski definition) is 2. The van der Waals surface area contributed by atoms with Gasteiger partial charge in [-0.3, -0.25) is 0 Å². The van der Waals surface area contributed by atoms with E-state index in [9.17, 15) is 10.2 Å². The maximum atomic E-state index is 10.3. The van der Waals surface area contributed by atoms with Gasteiger partial charge in [0.15, 0.2) is 0 Å². The van der Waals surface area contributed by atoms with Crippen LogP contribution in [0.25, 0.3) is 0 Å². The van der Waals surface area contributed by atoms with Crippen molar-refractivity contribution in [2.75, 3.05) is 0 Å². The zero-order valence-corrected chi connectivity index (χ0v) is 9.93. The molecule has 0 aromatic carbocycles. The van der Waals surface area contributed by atoms with Crippen LogP contribution in [0.5, 0.6) is 0 Å². The lowest BCUT2D eigenvalue weighted by Crippen LogP contribution is -2.57. The number of rotatable bonds is 2. The van der Waals surface area contributed by atoms with Gasteiger partial charge in [0, 0.05) is 5.41 Å². The van der Waals surface area contributed by atoms with E-state index in [0.717, 1.165) is 25.7 Å². The molecule has 1 rings (SSSR count). The van der Waals surface area contributed by atoms with Crippen LogP contribution in [0.1, 0.15) is 59.8 Å². The second-order valence-electron chi connectivity index (χ2n) is 5.76. The molecule has 2 heteroatoms. The molecule has 0 atom stereocenters. The van der Waals surface area contributed by atoms with E-state index in [-0.39, 0.29) is 5.41 Å². The third-order valence-corrected chi connectivity index (χ3v) is 4.05. The van der Waals surface area contributed by atoms with Gasteiger partial charge in [0.2, 0.25) is 0 Å². The first-order chi connectivity index (χ1) is 6.21. The van der Waals surface area contributed by atoms with E-state index >= 15 is 0 Å². The molecule has 0 aromatic rings. The summed E-state index contributed by atoms with van der Waals surface area (Å²) in [5.41, 5.74) is -1.93. The molecule has 0 heterocycles. The molecule has 1 fully saturated rings. The minimum absolute atomic E-state index is 0.335. The highest BCUT2D eigenvalue weighted by Gasteiger charge is 2.53. The van der Waals surface area contributed by atoms with Crippen molar-refractivity contribution in [1.29, 1.82) is 0 Å². The van der Waals surface area contributed by atoms with Gasteiger partial charge in [0.1, 0.15) is 0 Å². The maximum Gasteiger partial charge on any atom is 0.0674 e. The van der Waals surface area contributed by atoms with Crippen molar-refractivity contribution in [3.63, 3.8) is 0 Å². The van der Waals surface area contributed by atoms with Gasteiger partial charge < -0.3 is 10.2 Å². The van der Waals surface area contributed by atoms with E-state index in [2.05, 4.69) is 0 Å². The topological polar surface area (TPSA) is 40.5 Å². The molecule has 0 bridgehead atoms. The molecule has 0 aliphatic heterocycles. The number of hydrogen-bond acceptors (Lipinski definition) is 2. The van der Waals surface area contributed by atoms with Crippen LogP contribution in [0.15, 0.2) is 0 Å². The Morgan fingerprint density at radius 1 is 0.786 bits per heavy atom. The molecule has 0 unspecified atom stereocenters. The molecule has 0 amide bonds. The Bertz CT molecular complexity index is 173. The Morgan fingerprint density at radius 3 is 1.36 bits per heavy atom. The van der Waals surface area contributed by atoms with Crippen molar-refractivity contribution >= 4 is 0 Å². The van der Waals surface area contributed by atoms with Gasteiger partial charge >= 0.3 is 0 Å². The lowest BCUT2D eigenvalue weighted by molar-refractivity contribution is -0.182. The molecule has 2 N–H and O–H groups in total. The van der Waals surface area contributed by atoms with Crippen molar-refractivity contribution in [3.8, 4) is 0 Å². The van der Waals surface area contributed by atoms with E-state index in [4.69, 9.17) is 0 Å². The summed E-state index contributed by atoms with van der Waals surface area (Å²) in [5.74, 6) is 0. The lowest BCUT2D eigenvalue weighted by atomic mass is 9.57. The Balaban J connectivity index is 3.01. The Labute approximate surface area is 87.3 Å². The summed E-state index contributed by atoms with van der Waals surface area (Å²) in [5, 5.41) is 20.5. The maximum absolute atomic E-state index is 10.3. The zero-order valence-electron chi connectivity index (χ0n) is 9.93. The Hall–Kier alpha value is -0.0800.